The van der Waals surface area contributed by atoms with Gasteiger partial charge in [0, 0.05) is 24.9 Å². The standard InChI is InChI=1S/C23H25F4N5O2/c1-4-18(20(5-2)34-21-10-7-15(14-28-21)23(25,26)27)31(6-3)22(33)17-9-8-16(24)13-19(17)32-29-11-12-30-32/h7-14,18,20H,4-6H2,1-3H3. The average Bonchev–Trinajstić information content (AvgIpc) is 3.35. The van der Waals surface area contributed by atoms with Gasteiger partial charge in [0.05, 0.1) is 29.6 Å². The molecule has 7 nitrogen and oxygen atoms in total. The lowest BCUT2D eigenvalue weighted by Crippen LogP contribution is -2.49. The maximum absolute atomic E-state index is 13.9. The monoisotopic (exact) mass is 479 g/mol. The van der Waals surface area contributed by atoms with Crippen LogP contribution in [0.3, 0.4) is 0 Å². The molecule has 0 saturated heterocycles. The maximum atomic E-state index is 13.9. The molecule has 2 atom stereocenters. The van der Waals surface area contributed by atoms with E-state index in [0.29, 0.717) is 25.6 Å². The van der Waals surface area contributed by atoms with Gasteiger partial charge in [-0.05, 0) is 38.0 Å². The Morgan fingerprint density at radius 2 is 1.79 bits per heavy atom. The van der Waals surface area contributed by atoms with E-state index in [9.17, 15) is 22.4 Å². The van der Waals surface area contributed by atoms with Crippen molar-refractivity contribution in [2.45, 2.75) is 51.9 Å². The van der Waals surface area contributed by atoms with E-state index in [0.717, 1.165) is 12.1 Å². The van der Waals surface area contributed by atoms with Crippen molar-refractivity contribution in [3.63, 3.8) is 0 Å². The molecule has 3 aromatic rings. The maximum Gasteiger partial charge on any atom is 0.417 e. The molecule has 0 aliphatic carbocycles. The molecule has 11 heteroatoms. The van der Waals surface area contributed by atoms with Crippen molar-refractivity contribution in [1.82, 2.24) is 24.9 Å². The van der Waals surface area contributed by atoms with Gasteiger partial charge in [0.1, 0.15) is 17.6 Å². The van der Waals surface area contributed by atoms with E-state index >= 15 is 0 Å². The number of nitrogens with zero attached hydrogens (tertiary/aromatic N) is 5. The van der Waals surface area contributed by atoms with E-state index in [2.05, 4.69) is 15.2 Å². The molecule has 2 heterocycles. The Kier molecular flexibility index (Phi) is 7.85. The van der Waals surface area contributed by atoms with E-state index in [1.165, 1.54) is 35.4 Å². The fourth-order valence-electron chi connectivity index (χ4n) is 3.77. The van der Waals surface area contributed by atoms with Gasteiger partial charge in [0.15, 0.2) is 0 Å². The molecule has 0 spiro atoms. The number of pyridine rings is 1. The zero-order chi connectivity index (χ0) is 24.9. The van der Waals surface area contributed by atoms with Crippen LogP contribution in [0, 0.1) is 5.82 Å². The first-order valence-electron chi connectivity index (χ1n) is 10.9. The highest BCUT2D eigenvalue weighted by atomic mass is 19.4. The summed E-state index contributed by atoms with van der Waals surface area (Å²) in [6.45, 7) is 5.86. The van der Waals surface area contributed by atoms with Crippen molar-refractivity contribution in [3.8, 4) is 11.6 Å². The number of likely N-dealkylation sites (N-methyl/N-ethyl adjacent to an activating group) is 1. The number of amides is 1. The van der Waals surface area contributed by atoms with Gasteiger partial charge in [-0.15, -0.1) is 0 Å². The van der Waals surface area contributed by atoms with Gasteiger partial charge in [-0.3, -0.25) is 4.79 Å². The third-order valence-corrected chi connectivity index (χ3v) is 5.41. The van der Waals surface area contributed by atoms with Crippen molar-refractivity contribution < 1.29 is 27.1 Å². The molecule has 0 aliphatic heterocycles. The second-order valence-corrected chi connectivity index (χ2v) is 7.49. The number of carbonyl (C=O) groups excluding carboxylic acids is 1. The van der Waals surface area contributed by atoms with Crippen molar-refractivity contribution in [3.05, 3.63) is 65.9 Å². The van der Waals surface area contributed by atoms with Gasteiger partial charge in [0.25, 0.3) is 5.91 Å². The smallest absolute Gasteiger partial charge is 0.417 e. The van der Waals surface area contributed by atoms with Crippen LogP contribution in [0.25, 0.3) is 5.69 Å². The Morgan fingerprint density at radius 3 is 2.32 bits per heavy atom. The zero-order valence-corrected chi connectivity index (χ0v) is 19.0. The highest BCUT2D eigenvalue weighted by Crippen LogP contribution is 2.30. The Balaban J connectivity index is 1.88. The molecule has 0 fully saturated rings. The molecular formula is C23H25F4N5O2. The summed E-state index contributed by atoms with van der Waals surface area (Å²) in [5.74, 6) is -0.879. The molecule has 0 bridgehead atoms. The van der Waals surface area contributed by atoms with Crippen molar-refractivity contribution in [1.29, 1.82) is 0 Å². The molecule has 3 rings (SSSR count). The molecule has 0 aliphatic rings. The number of alkyl halides is 3. The molecule has 1 amide bonds. The third kappa shape index (κ3) is 5.52. The van der Waals surface area contributed by atoms with Gasteiger partial charge in [-0.2, -0.15) is 28.2 Å². The fourth-order valence-corrected chi connectivity index (χ4v) is 3.77. The Labute approximate surface area is 194 Å². The summed E-state index contributed by atoms with van der Waals surface area (Å²) in [4.78, 5) is 20.1. The Bertz CT molecular complexity index is 1090. The topological polar surface area (TPSA) is 73.1 Å². The summed E-state index contributed by atoms with van der Waals surface area (Å²) < 4.78 is 58.4. The molecule has 1 aromatic carbocycles. The van der Waals surface area contributed by atoms with Crippen LogP contribution in [0.1, 0.15) is 49.5 Å². The van der Waals surface area contributed by atoms with Crippen LogP contribution in [0.4, 0.5) is 17.6 Å². The number of benzene rings is 1. The number of carbonyl (C=O) groups is 1. The number of rotatable bonds is 9. The first-order chi connectivity index (χ1) is 16.2. The number of aromatic nitrogens is 4. The summed E-state index contributed by atoms with van der Waals surface area (Å²) in [6, 6.07) is 5.40. The Morgan fingerprint density at radius 1 is 1.09 bits per heavy atom. The predicted molar refractivity (Wildman–Crippen MR) is 116 cm³/mol. The lowest BCUT2D eigenvalue weighted by molar-refractivity contribution is -0.137. The minimum Gasteiger partial charge on any atom is -0.472 e. The second-order valence-electron chi connectivity index (χ2n) is 7.49. The van der Waals surface area contributed by atoms with Crippen LogP contribution < -0.4 is 4.74 Å². The molecule has 0 saturated carbocycles. The summed E-state index contributed by atoms with van der Waals surface area (Å²) in [5, 5.41) is 8.01. The fraction of sp³-hybridized carbons (Fsp3) is 0.391. The SMILES string of the molecule is CCC(Oc1ccc(C(F)(F)F)cn1)C(CC)N(CC)C(=O)c1ccc(F)cc1-n1nccn1. The first-order valence-corrected chi connectivity index (χ1v) is 10.9. The molecule has 2 aromatic heterocycles. The van der Waals surface area contributed by atoms with Gasteiger partial charge in [0.2, 0.25) is 5.88 Å². The van der Waals surface area contributed by atoms with Crippen LogP contribution >= 0.6 is 0 Å². The van der Waals surface area contributed by atoms with Crippen LogP contribution in [0.15, 0.2) is 48.9 Å². The Hall–Kier alpha value is -3.50. The number of ether oxygens (including phenoxy) is 1. The summed E-state index contributed by atoms with van der Waals surface area (Å²) in [7, 11) is 0. The van der Waals surface area contributed by atoms with Crippen LogP contribution in [0.5, 0.6) is 5.88 Å². The predicted octanol–water partition coefficient (Wildman–Crippen LogP) is 4.92. The van der Waals surface area contributed by atoms with Gasteiger partial charge >= 0.3 is 6.18 Å². The first kappa shape index (κ1) is 25.1. The number of halogens is 4. The summed E-state index contributed by atoms with van der Waals surface area (Å²) in [6.07, 6.45) is -0.494. The zero-order valence-electron chi connectivity index (χ0n) is 19.0. The van der Waals surface area contributed by atoms with Crippen LogP contribution in [0.2, 0.25) is 0 Å². The minimum atomic E-state index is -4.50. The van der Waals surface area contributed by atoms with Crippen molar-refractivity contribution >= 4 is 5.91 Å². The molecule has 182 valence electrons. The normalized spacial score (nSPS) is 13.4. The minimum absolute atomic E-state index is 0.0324. The molecule has 2 unspecified atom stereocenters. The van der Waals surface area contributed by atoms with E-state index in [-0.39, 0.29) is 23.0 Å². The molecular weight excluding hydrogens is 454 g/mol. The third-order valence-electron chi connectivity index (χ3n) is 5.41. The lowest BCUT2D eigenvalue weighted by Gasteiger charge is -2.36. The van der Waals surface area contributed by atoms with E-state index in [1.807, 2.05) is 13.8 Å². The number of hydrogen-bond donors (Lipinski definition) is 0. The number of hydrogen-bond acceptors (Lipinski definition) is 5. The van der Waals surface area contributed by atoms with Gasteiger partial charge in [-0.25, -0.2) is 9.37 Å². The van der Waals surface area contributed by atoms with E-state index in [1.54, 1.807) is 11.8 Å². The molecule has 0 N–H and O–H groups in total. The second kappa shape index (κ2) is 10.6. The molecule has 0 radical (unpaired) electrons. The average molecular weight is 479 g/mol. The van der Waals surface area contributed by atoms with Gasteiger partial charge in [-0.1, -0.05) is 13.8 Å². The largest absolute Gasteiger partial charge is 0.472 e. The van der Waals surface area contributed by atoms with Gasteiger partial charge < -0.3 is 9.64 Å². The highest BCUT2D eigenvalue weighted by Gasteiger charge is 2.33. The van der Waals surface area contributed by atoms with Crippen molar-refractivity contribution in [2.75, 3.05) is 6.54 Å². The van der Waals surface area contributed by atoms with Crippen LogP contribution in [-0.4, -0.2) is 49.5 Å². The van der Waals surface area contributed by atoms with E-state index in [4.69, 9.17) is 4.74 Å². The van der Waals surface area contributed by atoms with Crippen molar-refractivity contribution in [2.24, 2.45) is 0 Å². The van der Waals surface area contributed by atoms with Crippen LogP contribution in [-0.2, 0) is 6.18 Å². The van der Waals surface area contributed by atoms with E-state index < -0.39 is 29.7 Å². The summed E-state index contributed by atoms with van der Waals surface area (Å²) >= 11 is 0. The lowest BCUT2D eigenvalue weighted by atomic mass is 10.0. The molecule has 34 heavy (non-hydrogen) atoms. The summed E-state index contributed by atoms with van der Waals surface area (Å²) in [5.41, 5.74) is -0.469. The quantitative estimate of drug-likeness (QED) is 0.408. The highest BCUT2D eigenvalue weighted by molar-refractivity contribution is 5.98.